The van der Waals surface area contributed by atoms with E-state index in [1.54, 1.807) is 0 Å². The standard InChI is InChI=1S/C14H31NO2/c1-7-16-14(17-8-2)10-9-11-15(12(3)4)13(5)6/h12-14H,7-11H2,1-6H3. The highest BCUT2D eigenvalue weighted by Crippen LogP contribution is 2.10. The van der Waals surface area contributed by atoms with E-state index in [4.69, 9.17) is 9.47 Å². The summed E-state index contributed by atoms with van der Waals surface area (Å²) in [6, 6.07) is 1.21. The highest BCUT2D eigenvalue weighted by atomic mass is 16.7. The van der Waals surface area contributed by atoms with Gasteiger partial charge >= 0.3 is 0 Å². The molecule has 0 aliphatic heterocycles. The molecular formula is C14H31NO2. The van der Waals surface area contributed by atoms with Crippen LogP contribution >= 0.6 is 0 Å². The predicted octanol–water partition coefficient (Wildman–Crippen LogP) is 3.28. The van der Waals surface area contributed by atoms with E-state index in [9.17, 15) is 0 Å². The molecule has 0 saturated heterocycles. The fourth-order valence-electron chi connectivity index (χ4n) is 2.14. The van der Waals surface area contributed by atoms with Crippen LogP contribution in [0.25, 0.3) is 0 Å². The van der Waals surface area contributed by atoms with Crippen LogP contribution in [-0.4, -0.2) is 43.0 Å². The van der Waals surface area contributed by atoms with Gasteiger partial charge in [-0.3, -0.25) is 4.90 Å². The van der Waals surface area contributed by atoms with E-state index < -0.39 is 0 Å². The van der Waals surface area contributed by atoms with Crippen LogP contribution in [0.1, 0.15) is 54.4 Å². The van der Waals surface area contributed by atoms with Gasteiger partial charge < -0.3 is 9.47 Å². The van der Waals surface area contributed by atoms with Crippen LogP contribution in [0, 0.1) is 0 Å². The first-order valence-electron chi connectivity index (χ1n) is 7.01. The largest absolute Gasteiger partial charge is 0.353 e. The summed E-state index contributed by atoms with van der Waals surface area (Å²) in [4.78, 5) is 2.51. The van der Waals surface area contributed by atoms with E-state index in [0.717, 1.165) is 32.6 Å². The molecule has 0 radical (unpaired) electrons. The molecule has 0 bridgehead atoms. The molecule has 0 aromatic rings. The molecule has 0 rings (SSSR count). The summed E-state index contributed by atoms with van der Waals surface area (Å²) in [6.07, 6.45) is 2.09. The number of rotatable bonds is 10. The number of nitrogens with zero attached hydrogens (tertiary/aromatic N) is 1. The SMILES string of the molecule is CCOC(CCCN(C(C)C)C(C)C)OCC. The Hall–Kier alpha value is -0.120. The zero-order valence-corrected chi connectivity index (χ0v) is 12.5. The van der Waals surface area contributed by atoms with Crippen LogP contribution in [0.4, 0.5) is 0 Å². The topological polar surface area (TPSA) is 21.7 Å². The van der Waals surface area contributed by atoms with Crippen molar-refractivity contribution in [2.75, 3.05) is 19.8 Å². The van der Waals surface area contributed by atoms with Crippen molar-refractivity contribution in [3.05, 3.63) is 0 Å². The van der Waals surface area contributed by atoms with Gasteiger partial charge in [-0.15, -0.1) is 0 Å². The molecule has 0 saturated carbocycles. The van der Waals surface area contributed by atoms with Crippen molar-refractivity contribution in [2.24, 2.45) is 0 Å². The van der Waals surface area contributed by atoms with Gasteiger partial charge in [0.25, 0.3) is 0 Å². The van der Waals surface area contributed by atoms with Crippen molar-refractivity contribution in [1.82, 2.24) is 4.90 Å². The normalized spacial score (nSPS) is 12.4. The Morgan fingerprint density at radius 3 is 1.71 bits per heavy atom. The maximum atomic E-state index is 5.54. The van der Waals surface area contributed by atoms with E-state index in [-0.39, 0.29) is 6.29 Å². The van der Waals surface area contributed by atoms with E-state index in [0.29, 0.717) is 12.1 Å². The lowest BCUT2D eigenvalue weighted by atomic mass is 10.2. The van der Waals surface area contributed by atoms with Crippen molar-refractivity contribution < 1.29 is 9.47 Å². The molecule has 3 heteroatoms. The third-order valence-corrected chi connectivity index (χ3v) is 2.89. The lowest BCUT2D eigenvalue weighted by Gasteiger charge is -2.31. The van der Waals surface area contributed by atoms with Crippen molar-refractivity contribution >= 4 is 0 Å². The first-order valence-corrected chi connectivity index (χ1v) is 7.01. The number of hydrogen-bond donors (Lipinski definition) is 0. The highest BCUT2D eigenvalue weighted by molar-refractivity contribution is 4.67. The molecule has 0 amide bonds. The average molecular weight is 245 g/mol. The Morgan fingerprint density at radius 1 is 0.882 bits per heavy atom. The predicted molar refractivity (Wildman–Crippen MR) is 73.3 cm³/mol. The Labute approximate surface area is 107 Å². The van der Waals surface area contributed by atoms with Crippen molar-refractivity contribution in [2.45, 2.75) is 72.8 Å². The second kappa shape index (κ2) is 9.86. The van der Waals surface area contributed by atoms with Crippen LogP contribution in [0.3, 0.4) is 0 Å². The van der Waals surface area contributed by atoms with Gasteiger partial charge in [-0.25, -0.2) is 0 Å². The van der Waals surface area contributed by atoms with E-state index >= 15 is 0 Å². The summed E-state index contributed by atoms with van der Waals surface area (Å²) in [5.41, 5.74) is 0. The van der Waals surface area contributed by atoms with Crippen LogP contribution < -0.4 is 0 Å². The average Bonchev–Trinajstić information content (AvgIpc) is 2.23. The molecule has 0 atom stereocenters. The lowest BCUT2D eigenvalue weighted by Crippen LogP contribution is -2.38. The highest BCUT2D eigenvalue weighted by Gasteiger charge is 2.14. The quantitative estimate of drug-likeness (QED) is 0.551. The summed E-state index contributed by atoms with van der Waals surface area (Å²) in [6.45, 7) is 15.6. The van der Waals surface area contributed by atoms with Crippen LogP contribution in [0.15, 0.2) is 0 Å². The summed E-state index contributed by atoms with van der Waals surface area (Å²) in [5, 5.41) is 0. The van der Waals surface area contributed by atoms with Crippen molar-refractivity contribution in [3.63, 3.8) is 0 Å². The number of ether oxygens (including phenoxy) is 2. The molecule has 0 N–H and O–H groups in total. The minimum absolute atomic E-state index is 0.0221. The molecule has 0 aliphatic rings. The maximum absolute atomic E-state index is 5.54. The Bertz CT molecular complexity index is 158. The number of hydrogen-bond acceptors (Lipinski definition) is 3. The fraction of sp³-hybridized carbons (Fsp3) is 1.00. The molecule has 0 aromatic heterocycles. The Morgan fingerprint density at radius 2 is 1.35 bits per heavy atom. The third-order valence-electron chi connectivity index (χ3n) is 2.89. The summed E-state index contributed by atoms with van der Waals surface area (Å²) in [7, 11) is 0. The van der Waals surface area contributed by atoms with E-state index in [2.05, 4.69) is 32.6 Å². The van der Waals surface area contributed by atoms with Crippen LogP contribution in [0.5, 0.6) is 0 Å². The molecule has 0 unspecified atom stereocenters. The molecule has 0 spiro atoms. The Balaban J connectivity index is 3.91. The monoisotopic (exact) mass is 245 g/mol. The summed E-state index contributed by atoms with van der Waals surface area (Å²) < 4.78 is 11.1. The zero-order chi connectivity index (χ0) is 13.3. The Kier molecular flexibility index (Phi) is 9.79. The van der Waals surface area contributed by atoms with E-state index in [1.807, 2.05) is 13.8 Å². The minimum atomic E-state index is -0.0221. The summed E-state index contributed by atoms with van der Waals surface area (Å²) in [5.74, 6) is 0. The van der Waals surface area contributed by atoms with Gasteiger partial charge in [0.2, 0.25) is 0 Å². The van der Waals surface area contributed by atoms with Gasteiger partial charge in [-0.1, -0.05) is 0 Å². The summed E-state index contributed by atoms with van der Waals surface area (Å²) >= 11 is 0. The van der Waals surface area contributed by atoms with Gasteiger partial charge in [0, 0.05) is 25.3 Å². The first kappa shape index (κ1) is 16.9. The molecule has 3 nitrogen and oxygen atoms in total. The minimum Gasteiger partial charge on any atom is -0.353 e. The second-order valence-corrected chi connectivity index (χ2v) is 4.91. The maximum Gasteiger partial charge on any atom is 0.157 e. The lowest BCUT2D eigenvalue weighted by molar-refractivity contribution is -0.140. The smallest absolute Gasteiger partial charge is 0.157 e. The van der Waals surface area contributed by atoms with Crippen molar-refractivity contribution in [3.8, 4) is 0 Å². The zero-order valence-electron chi connectivity index (χ0n) is 12.5. The molecular weight excluding hydrogens is 214 g/mol. The van der Waals surface area contributed by atoms with Gasteiger partial charge in [-0.2, -0.15) is 0 Å². The first-order chi connectivity index (χ1) is 8.02. The fourth-order valence-corrected chi connectivity index (χ4v) is 2.14. The van der Waals surface area contributed by atoms with Crippen LogP contribution in [0.2, 0.25) is 0 Å². The van der Waals surface area contributed by atoms with Gasteiger partial charge in [0.15, 0.2) is 6.29 Å². The molecule has 17 heavy (non-hydrogen) atoms. The molecule has 0 aliphatic carbocycles. The molecule has 104 valence electrons. The van der Waals surface area contributed by atoms with Gasteiger partial charge in [0.1, 0.15) is 0 Å². The van der Waals surface area contributed by atoms with Crippen LogP contribution in [-0.2, 0) is 9.47 Å². The van der Waals surface area contributed by atoms with Gasteiger partial charge in [0.05, 0.1) is 0 Å². The van der Waals surface area contributed by atoms with E-state index in [1.165, 1.54) is 0 Å². The second-order valence-electron chi connectivity index (χ2n) is 4.91. The third kappa shape index (κ3) is 7.74. The van der Waals surface area contributed by atoms with Crippen molar-refractivity contribution in [1.29, 1.82) is 0 Å². The van der Waals surface area contributed by atoms with Gasteiger partial charge in [-0.05, 0) is 60.9 Å². The molecule has 0 heterocycles. The molecule has 0 aromatic carbocycles. The molecule has 0 fully saturated rings.